The Morgan fingerprint density at radius 2 is 1.86 bits per heavy atom. The topological polar surface area (TPSA) is 39.2 Å². The molecule has 0 aliphatic heterocycles. The number of hydrogen-bond donors (Lipinski definition) is 0. The van der Waals surface area contributed by atoms with Gasteiger partial charge in [-0.25, -0.2) is 4.98 Å². The number of aromatic nitrogens is 1. The fourth-order valence-electron chi connectivity index (χ4n) is 1.94. The molecule has 0 aliphatic rings. The third kappa shape index (κ3) is 2.84. The van der Waals surface area contributed by atoms with Crippen molar-refractivity contribution in [2.24, 2.45) is 0 Å². The first-order valence-electron chi connectivity index (χ1n) is 6.15. The lowest BCUT2D eigenvalue weighted by Crippen LogP contribution is -1.95. The maximum atomic E-state index is 11.2. The summed E-state index contributed by atoms with van der Waals surface area (Å²) in [5.74, 6) is 0.611. The van der Waals surface area contributed by atoms with Gasteiger partial charge in [-0.05, 0) is 30.3 Å². The molecule has 1 aromatic heterocycles. The number of carbonyl (C=O) groups excluding carboxylic acids is 1. The average molecular weight is 318 g/mol. The summed E-state index contributed by atoms with van der Waals surface area (Å²) in [4.78, 5) is 15.6. The van der Waals surface area contributed by atoms with Gasteiger partial charge in [0.2, 0.25) is 5.88 Å². The van der Waals surface area contributed by atoms with Crippen LogP contribution in [0.3, 0.4) is 0 Å². The number of benzene rings is 2. The molecule has 2 aromatic carbocycles. The van der Waals surface area contributed by atoms with Crippen LogP contribution in [0.25, 0.3) is 10.9 Å². The molecular formula is C16H9Cl2NO2. The van der Waals surface area contributed by atoms with Gasteiger partial charge in [0, 0.05) is 10.4 Å². The Morgan fingerprint density at radius 1 is 1.05 bits per heavy atom. The molecule has 3 rings (SSSR count). The van der Waals surface area contributed by atoms with Crippen LogP contribution in [0.2, 0.25) is 10.0 Å². The van der Waals surface area contributed by atoms with E-state index in [1.807, 2.05) is 24.3 Å². The lowest BCUT2D eigenvalue weighted by atomic mass is 10.1. The van der Waals surface area contributed by atoms with E-state index < -0.39 is 0 Å². The molecule has 5 heteroatoms. The van der Waals surface area contributed by atoms with Crippen LogP contribution in [0.5, 0.6) is 11.6 Å². The molecule has 0 saturated heterocycles. The molecule has 104 valence electrons. The molecule has 3 aromatic rings. The molecule has 3 nitrogen and oxygen atoms in total. The van der Waals surface area contributed by atoms with Crippen LogP contribution in [-0.4, -0.2) is 11.3 Å². The van der Waals surface area contributed by atoms with Crippen molar-refractivity contribution in [3.8, 4) is 11.6 Å². The number of fused-ring (bicyclic) bond motifs is 1. The van der Waals surface area contributed by atoms with E-state index in [9.17, 15) is 4.79 Å². The van der Waals surface area contributed by atoms with Crippen LogP contribution >= 0.6 is 23.2 Å². The van der Waals surface area contributed by atoms with E-state index in [1.165, 1.54) is 0 Å². The summed E-state index contributed by atoms with van der Waals surface area (Å²) in [5, 5.41) is 1.73. The molecule has 0 spiro atoms. The van der Waals surface area contributed by atoms with Crippen molar-refractivity contribution >= 4 is 40.4 Å². The molecule has 0 N–H and O–H groups in total. The monoisotopic (exact) mass is 317 g/mol. The van der Waals surface area contributed by atoms with E-state index >= 15 is 0 Å². The number of halogens is 2. The van der Waals surface area contributed by atoms with Gasteiger partial charge in [-0.15, -0.1) is 0 Å². The standard InChI is InChI=1S/C16H9Cl2NO2/c17-12-5-6-15(13(18)8-12)21-16-11(9-20)7-10-3-1-2-4-14(10)19-16/h1-9H. The lowest BCUT2D eigenvalue weighted by molar-refractivity contribution is 0.112. The zero-order chi connectivity index (χ0) is 14.8. The molecule has 0 bridgehead atoms. The van der Waals surface area contributed by atoms with Crippen LogP contribution in [0.1, 0.15) is 10.4 Å². The molecule has 0 amide bonds. The summed E-state index contributed by atoms with van der Waals surface area (Å²) in [5.41, 5.74) is 1.10. The summed E-state index contributed by atoms with van der Waals surface area (Å²) in [6.07, 6.45) is 0.707. The van der Waals surface area contributed by atoms with Crippen molar-refractivity contribution < 1.29 is 9.53 Å². The van der Waals surface area contributed by atoms with Gasteiger partial charge in [-0.1, -0.05) is 41.4 Å². The van der Waals surface area contributed by atoms with Crippen molar-refractivity contribution in [1.29, 1.82) is 0 Å². The summed E-state index contributed by atoms with van der Waals surface area (Å²) >= 11 is 11.9. The zero-order valence-electron chi connectivity index (χ0n) is 10.7. The summed E-state index contributed by atoms with van der Waals surface area (Å²) in [7, 11) is 0. The molecule has 0 fully saturated rings. The predicted molar refractivity (Wildman–Crippen MR) is 83.7 cm³/mol. The summed E-state index contributed by atoms with van der Waals surface area (Å²) in [6.45, 7) is 0. The van der Waals surface area contributed by atoms with Crippen LogP contribution in [0.15, 0.2) is 48.5 Å². The predicted octanol–water partition coefficient (Wildman–Crippen LogP) is 5.15. The van der Waals surface area contributed by atoms with Gasteiger partial charge >= 0.3 is 0 Å². The summed E-state index contributed by atoms with van der Waals surface area (Å²) in [6, 6.07) is 14.1. The van der Waals surface area contributed by atoms with E-state index in [0.717, 1.165) is 10.9 Å². The molecule has 0 radical (unpaired) electrons. The van der Waals surface area contributed by atoms with Crippen molar-refractivity contribution in [3.05, 3.63) is 64.1 Å². The Bertz CT molecular complexity index is 834. The average Bonchev–Trinajstić information content (AvgIpc) is 2.49. The van der Waals surface area contributed by atoms with Crippen molar-refractivity contribution in [2.75, 3.05) is 0 Å². The van der Waals surface area contributed by atoms with Crippen LogP contribution in [0.4, 0.5) is 0 Å². The highest BCUT2D eigenvalue weighted by Crippen LogP contribution is 2.32. The number of hydrogen-bond acceptors (Lipinski definition) is 3. The van der Waals surface area contributed by atoms with Gasteiger partial charge in [-0.2, -0.15) is 0 Å². The van der Waals surface area contributed by atoms with E-state index in [0.29, 0.717) is 27.6 Å². The van der Waals surface area contributed by atoms with Gasteiger partial charge in [0.05, 0.1) is 16.1 Å². The van der Waals surface area contributed by atoms with Crippen LogP contribution < -0.4 is 4.74 Å². The second-order valence-electron chi connectivity index (χ2n) is 4.37. The lowest BCUT2D eigenvalue weighted by Gasteiger charge is -2.10. The largest absolute Gasteiger partial charge is 0.437 e. The number of carbonyl (C=O) groups is 1. The molecule has 0 unspecified atom stereocenters. The van der Waals surface area contributed by atoms with Gasteiger partial charge in [0.1, 0.15) is 5.75 Å². The number of para-hydroxylation sites is 1. The van der Waals surface area contributed by atoms with Crippen molar-refractivity contribution in [3.63, 3.8) is 0 Å². The quantitative estimate of drug-likeness (QED) is 0.627. The van der Waals surface area contributed by atoms with Crippen LogP contribution in [-0.2, 0) is 0 Å². The first-order valence-corrected chi connectivity index (χ1v) is 6.91. The molecule has 0 saturated carbocycles. The Kier molecular flexibility index (Phi) is 3.78. The van der Waals surface area contributed by atoms with Crippen molar-refractivity contribution in [1.82, 2.24) is 4.98 Å². The molecule has 0 aliphatic carbocycles. The highest BCUT2D eigenvalue weighted by Gasteiger charge is 2.11. The fourth-order valence-corrected chi connectivity index (χ4v) is 2.39. The zero-order valence-corrected chi connectivity index (χ0v) is 12.2. The molecule has 0 atom stereocenters. The smallest absolute Gasteiger partial charge is 0.230 e. The van der Waals surface area contributed by atoms with E-state index in [1.54, 1.807) is 24.3 Å². The normalized spacial score (nSPS) is 10.6. The molecule has 1 heterocycles. The van der Waals surface area contributed by atoms with Gasteiger partial charge in [0.25, 0.3) is 0 Å². The molecule has 21 heavy (non-hydrogen) atoms. The minimum Gasteiger partial charge on any atom is -0.437 e. The number of rotatable bonds is 3. The van der Waals surface area contributed by atoms with Crippen molar-refractivity contribution in [2.45, 2.75) is 0 Å². The Balaban J connectivity index is 2.08. The van der Waals surface area contributed by atoms with E-state index in [2.05, 4.69) is 4.98 Å². The number of nitrogens with zero attached hydrogens (tertiary/aromatic N) is 1. The highest BCUT2D eigenvalue weighted by atomic mass is 35.5. The third-order valence-electron chi connectivity index (χ3n) is 2.94. The minimum absolute atomic E-state index is 0.216. The maximum Gasteiger partial charge on any atom is 0.230 e. The minimum atomic E-state index is 0.216. The number of pyridine rings is 1. The first-order chi connectivity index (χ1) is 10.2. The van der Waals surface area contributed by atoms with Gasteiger partial charge in [0.15, 0.2) is 6.29 Å². The highest BCUT2D eigenvalue weighted by molar-refractivity contribution is 6.35. The summed E-state index contributed by atoms with van der Waals surface area (Å²) < 4.78 is 5.66. The molecular weight excluding hydrogens is 309 g/mol. The Labute approximate surface area is 131 Å². The van der Waals surface area contributed by atoms with Crippen LogP contribution in [0, 0.1) is 0 Å². The second kappa shape index (κ2) is 5.72. The second-order valence-corrected chi connectivity index (χ2v) is 5.21. The van der Waals surface area contributed by atoms with Gasteiger partial charge in [-0.3, -0.25) is 4.79 Å². The SMILES string of the molecule is O=Cc1cc2ccccc2nc1Oc1ccc(Cl)cc1Cl. The number of ether oxygens (including phenoxy) is 1. The Morgan fingerprint density at radius 3 is 2.62 bits per heavy atom. The first kappa shape index (κ1) is 13.9. The van der Waals surface area contributed by atoms with E-state index in [-0.39, 0.29) is 5.88 Å². The van der Waals surface area contributed by atoms with E-state index in [4.69, 9.17) is 27.9 Å². The number of aldehydes is 1. The fraction of sp³-hybridized carbons (Fsp3) is 0. The Hall–Kier alpha value is -2.10. The maximum absolute atomic E-state index is 11.2. The third-order valence-corrected chi connectivity index (χ3v) is 3.47. The van der Waals surface area contributed by atoms with Gasteiger partial charge < -0.3 is 4.74 Å².